The molecule has 0 amide bonds. The lowest BCUT2D eigenvalue weighted by atomic mass is 10.1. The molecule has 9 heteroatoms. The fourth-order valence-electron chi connectivity index (χ4n) is 2.82. The van der Waals surface area contributed by atoms with Gasteiger partial charge in [-0.05, 0) is 49.9 Å². The maximum Gasteiger partial charge on any atom is 0.416 e. The SMILES string of the molecule is C[C@H](c1ccc(S(C)(=O)=O)cc1)N(C)Cc1nc2cc(C(F)(F)F)ccc2o1. The Kier molecular flexibility index (Phi) is 5.24. The van der Waals surface area contributed by atoms with E-state index in [9.17, 15) is 21.6 Å². The highest BCUT2D eigenvalue weighted by atomic mass is 32.2. The predicted octanol–water partition coefficient (Wildman–Crippen LogP) is 4.44. The van der Waals surface area contributed by atoms with Crippen LogP contribution in [0.3, 0.4) is 0 Å². The van der Waals surface area contributed by atoms with E-state index in [4.69, 9.17) is 4.42 Å². The molecule has 0 saturated heterocycles. The molecule has 0 N–H and O–H groups in total. The summed E-state index contributed by atoms with van der Waals surface area (Å²) in [6.45, 7) is 2.21. The zero-order chi connectivity index (χ0) is 20.7. The first-order chi connectivity index (χ1) is 12.9. The van der Waals surface area contributed by atoms with Crippen molar-refractivity contribution in [1.82, 2.24) is 9.88 Å². The lowest BCUT2D eigenvalue weighted by molar-refractivity contribution is -0.137. The van der Waals surface area contributed by atoms with E-state index in [-0.39, 0.29) is 23.0 Å². The summed E-state index contributed by atoms with van der Waals surface area (Å²) in [6.07, 6.45) is -3.29. The highest BCUT2D eigenvalue weighted by molar-refractivity contribution is 7.90. The molecule has 5 nitrogen and oxygen atoms in total. The number of fused-ring (bicyclic) bond motifs is 1. The molecule has 3 rings (SSSR count). The minimum absolute atomic E-state index is 0.0886. The van der Waals surface area contributed by atoms with Crippen LogP contribution in [0.1, 0.15) is 30.0 Å². The third-order valence-electron chi connectivity index (χ3n) is 4.60. The molecule has 1 heterocycles. The molecule has 0 saturated carbocycles. The van der Waals surface area contributed by atoms with Crippen LogP contribution in [0.15, 0.2) is 51.8 Å². The number of halogens is 3. The molecule has 150 valence electrons. The second-order valence-corrected chi connectivity index (χ2v) is 8.74. The number of rotatable bonds is 5. The Labute approximate surface area is 160 Å². The van der Waals surface area contributed by atoms with Crippen molar-refractivity contribution in [2.75, 3.05) is 13.3 Å². The van der Waals surface area contributed by atoms with Crippen LogP contribution in [0.25, 0.3) is 11.1 Å². The van der Waals surface area contributed by atoms with E-state index in [2.05, 4.69) is 4.98 Å². The topological polar surface area (TPSA) is 63.4 Å². The molecule has 2 aromatic carbocycles. The summed E-state index contributed by atoms with van der Waals surface area (Å²) in [5.41, 5.74) is 0.572. The zero-order valence-electron chi connectivity index (χ0n) is 15.5. The van der Waals surface area contributed by atoms with Gasteiger partial charge in [0.05, 0.1) is 17.0 Å². The van der Waals surface area contributed by atoms with Crippen molar-refractivity contribution in [1.29, 1.82) is 0 Å². The van der Waals surface area contributed by atoms with Gasteiger partial charge in [-0.25, -0.2) is 13.4 Å². The third kappa shape index (κ3) is 4.36. The van der Waals surface area contributed by atoms with Crippen molar-refractivity contribution < 1.29 is 26.0 Å². The van der Waals surface area contributed by atoms with E-state index < -0.39 is 21.6 Å². The Hall–Kier alpha value is -2.39. The summed E-state index contributed by atoms with van der Waals surface area (Å²) in [6, 6.07) is 9.68. The van der Waals surface area contributed by atoms with Gasteiger partial charge in [-0.15, -0.1) is 0 Å². The molecule has 28 heavy (non-hydrogen) atoms. The van der Waals surface area contributed by atoms with Gasteiger partial charge in [0.1, 0.15) is 5.52 Å². The van der Waals surface area contributed by atoms with Gasteiger partial charge >= 0.3 is 6.18 Å². The van der Waals surface area contributed by atoms with Gasteiger partial charge in [0.25, 0.3) is 0 Å². The number of nitrogens with zero attached hydrogens (tertiary/aromatic N) is 2. The van der Waals surface area contributed by atoms with E-state index >= 15 is 0 Å². The van der Waals surface area contributed by atoms with E-state index in [0.717, 1.165) is 24.0 Å². The van der Waals surface area contributed by atoms with E-state index in [1.165, 1.54) is 6.07 Å². The molecule has 0 fully saturated rings. The average molecular weight is 412 g/mol. The molecular formula is C19H19F3N2O3S. The Balaban J connectivity index is 1.77. The minimum Gasteiger partial charge on any atom is -0.439 e. The van der Waals surface area contributed by atoms with Gasteiger partial charge in [0, 0.05) is 12.3 Å². The predicted molar refractivity (Wildman–Crippen MR) is 98.4 cm³/mol. The lowest BCUT2D eigenvalue weighted by Crippen LogP contribution is -2.22. The Morgan fingerprint density at radius 3 is 2.36 bits per heavy atom. The summed E-state index contributed by atoms with van der Waals surface area (Å²) >= 11 is 0. The van der Waals surface area contributed by atoms with Gasteiger partial charge in [0.15, 0.2) is 15.4 Å². The minimum atomic E-state index is -4.43. The third-order valence-corrected chi connectivity index (χ3v) is 5.72. The first kappa shape index (κ1) is 20.3. The number of hydrogen-bond donors (Lipinski definition) is 0. The van der Waals surface area contributed by atoms with Crippen molar-refractivity contribution in [3.63, 3.8) is 0 Å². The summed E-state index contributed by atoms with van der Waals surface area (Å²) in [4.78, 5) is 6.31. The van der Waals surface area contributed by atoms with Crippen LogP contribution in [0.2, 0.25) is 0 Å². The van der Waals surface area contributed by atoms with Crippen LogP contribution >= 0.6 is 0 Å². The first-order valence-electron chi connectivity index (χ1n) is 8.42. The number of oxazole rings is 1. The number of benzene rings is 2. The molecule has 0 bridgehead atoms. The highest BCUT2D eigenvalue weighted by Gasteiger charge is 2.31. The number of sulfone groups is 1. The summed E-state index contributed by atoms with van der Waals surface area (Å²) in [5.74, 6) is 0.302. The van der Waals surface area contributed by atoms with Gasteiger partial charge in [-0.3, -0.25) is 4.90 Å². The molecule has 0 aliphatic heterocycles. The number of hydrogen-bond acceptors (Lipinski definition) is 5. The van der Waals surface area contributed by atoms with Gasteiger partial charge < -0.3 is 4.42 Å². The highest BCUT2D eigenvalue weighted by Crippen LogP contribution is 2.32. The molecule has 0 spiro atoms. The van der Waals surface area contributed by atoms with Gasteiger partial charge in [0.2, 0.25) is 5.89 Å². The molecule has 0 radical (unpaired) electrons. The van der Waals surface area contributed by atoms with Crippen molar-refractivity contribution in [2.45, 2.75) is 30.6 Å². The van der Waals surface area contributed by atoms with Crippen molar-refractivity contribution >= 4 is 20.9 Å². The Morgan fingerprint density at radius 1 is 1.14 bits per heavy atom. The molecule has 0 unspecified atom stereocenters. The van der Waals surface area contributed by atoms with Crippen molar-refractivity contribution in [3.8, 4) is 0 Å². The molecule has 0 aliphatic carbocycles. The van der Waals surface area contributed by atoms with Crippen LogP contribution < -0.4 is 0 Å². The summed E-state index contributed by atoms with van der Waals surface area (Å²) in [7, 11) is -1.44. The van der Waals surface area contributed by atoms with Crippen LogP contribution in [0.5, 0.6) is 0 Å². The molecule has 3 aromatic rings. The second-order valence-electron chi connectivity index (χ2n) is 6.72. The van der Waals surface area contributed by atoms with E-state index in [1.807, 2.05) is 18.9 Å². The van der Waals surface area contributed by atoms with E-state index in [0.29, 0.717) is 11.5 Å². The van der Waals surface area contributed by atoms with Crippen molar-refractivity contribution in [2.24, 2.45) is 0 Å². The summed E-state index contributed by atoms with van der Waals surface area (Å²) in [5, 5.41) is 0. The van der Waals surface area contributed by atoms with Crippen LogP contribution in [0.4, 0.5) is 13.2 Å². The Bertz CT molecular complexity index is 1090. The fraction of sp³-hybridized carbons (Fsp3) is 0.316. The summed E-state index contributed by atoms with van der Waals surface area (Å²) < 4.78 is 67.1. The average Bonchev–Trinajstić information content (AvgIpc) is 3.01. The monoisotopic (exact) mass is 412 g/mol. The Morgan fingerprint density at radius 2 is 1.79 bits per heavy atom. The van der Waals surface area contributed by atoms with Gasteiger partial charge in [-0.1, -0.05) is 12.1 Å². The molecular weight excluding hydrogens is 393 g/mol. The number of aromatic nitrogens is 1. The maximum atomic E-state index is 12.8. The lowest BCUT2D eigenvalue weighted by Gasteiger charge is -2.23. The van der Waals surface area contributed by atoms with Crippen LogP contribution in [-0.4, -0.2) is 31.6 Å². The normalized spacial score (nSPS) is 14.0. The largest absolute Gasteiger partial charge is 0.439 e. The zero-order valence-corrected chi connectivity index (χ0v) is 16.3. The fourth-order valence-corrected chi connectivity index (χ4v) is 3.45. The van der Waals surface area contributed by atoms with Crippen LogP contribution in [-0.2, 0) is 22.6 Å². The standard InChI is InChI=1S/C19H19F3N2O3S/c1-12(13-4-7-15(8-5-13)28(3,25)26)24(2)11-18-23-16-10-14(19(20,21)22)6-9-17(16)27-18/h4-10,12H,11H2,1-3H3/t12-/m1/s1. The quantitative estimate of drug-likeness (QED) is 0.620. The number of alkyl halides is 3. The van der Waals surface area contributed by atoms with E-state index in [1.54, 1.807) is 24.3 Å². The first-order valence-corrected chi connectivity index (χ1v) is 10.3. The smallest absolute Gasteiger partial charge is 0.416 e. The molecule has 1 aromatic heterocycles. The molecule has 0 aliphatic rings. The molecule has 1 atom stereocenters. The van der Waals surface area contributed by atoms with Crippen molar-refractivity contribution in [3.05, 3.63) is 59.5 Å². The van der Waals surface area contributed by atoms with Gasteiger partial charge in [-0.2, -0.15) is 13.2 Å². The van der Waals surface area contributed by atoms with Crippen LogP contribution in [0, 0.1) is 0 Å². The maximum absolute atomic E-state index is 12.8. The second kappa shape index (κ2) is 7.21.